The summed E-state index contributed by atoms with van der Waals surface area (Å²) in [4.78, 5) is 11.9. The number of aromatic nitrogens is 4. The summed E-state index contributed by atoms with van der Waals surface area (Å²) in [5.41, 5.74) is 0.921. The Kier molecular flexibility index (Phi) is 3.44. The second-order valence-corrected chi connectivity index (χ2v) is 5.20. The molecule has 0 unspecified atom stereocenters. The third-order valence-electron chi connectivity index (χ3n) is 4.00. The van der Waals surface area contributed by atoms with Crippen LogP contribution in [0.15, 0.2) is 35.1 Å². The molecule has 1 fully saturated rings. The number of benzene rings is 1. The molecule has 2 aromatic rings. The fourth-order valence-electron chi connectivity index (χ4n) is 3.10. The smallest absolute Gasteiger partial charge is 0.244 e. The van der Waals surface area contributed by atoms with E-state index in [1.807, 2.05) is 18.2 Å². The van der Waals surface area contributed by atoms with Gasteiger partial charge in [-0.3, -0.25) is 0 Å². The van der Waals surface area contributed by atoms with Crippen LogP contribution in [0, 0.1) is 5.92 Å². The van der Waals surface area contributed by atoms with E-state index >= 15 is 0 Å². The largest absolute Gasteiger partial charge is 0.361 e. The summed E-state index contributed by atoms with van der Waals surface area (Å²) in [6.07, 6.45) is 6.07. The highest BCUT2D eigenvalue weighted by Gasteiger charge is 2.28. The number of tetrazole rings is 1. The van der Waals surface area contributed by atoms with Crippen molar-refractivity contribution in [2.45, 2.75) is 38.1 Å². The van der Waals surface area contributed by atoms with Crippen LogP contribution in [0.3, 0.4) is 0 Å². The van der Waals surface area contributed by atoms with Crippen LogP contribution >= 0.6 is 0 Å². The van der Waals surface area contributed by atoms with Crippen LogP contribution in [-0.2, 0) is 0 Å². The minimum atomic E-state index is -0.223. The predicted octanol–water partition coefficient (Wildman–Crippen LogP) is 2.14. The zero-order chi connectivity index (χ0) is 13.1. The number of hydrogen-bond acceptors (Lipinski definition) is 3. The SMILES string of the molecule is O=c1[nH]nnn1[C@H](c1ccccc1)C1CCCCC1. The van der Waals surface area contributed by atoms with Crippen molar-refractivity contribution < 1.29 is 0 Å². The fourth-order valence-corrected chi connectivity index (χ4v) is 3.10. The molecule has 5 heteroatoms. The van der Waals surface area contributed by atoms with E-state index in [-0.39, 0.29) is 11.7 Å². The second-order valence-electron chi connectivity index (χ2n) is 5.20. The van der Waals surface area contributed by atoms with Crippen LogP contribution < -0.4 is 5.69 Å². The van der Waals surface area contributed by atoms with Crippen molar-refractivity contribution in [3.63, 3.8) is 0 Å². The highest BCUT2D eigenvalue weighted by atomic mass is 16.2. The molecule has 0 saturated heterocycles. The highest BCUT2D eigenvalue weighted by molar-refractivity contribution is 5.20. The summed E-state index contributed by atoms with van der Waals surface area (Å²) >= 11 is 0. The summed E-state index contributed by atoms with van der Waals surface area (Å²) in [7, 11) is 0. The van der Waals surface area contributed by atoms with Crippen molar-refractivity contribution in [1.82, 2.24) is 20.2 Å². The summed E-state index contributed by atoms with van der Waals surface area (Å²) in [5.74, 6) is 0.471. The summed E-state index contributed by atoms with van der Waals surface area (Å²) in [6.45, 7) is 0. The maximum absolute atomic E-state index is 11.9. The van der Waals surface area contributed by atoms with E-state index in [9.17, 15) is 4.79 Å². The van der Waals surface area contributed by atoms with E-state index in [1.54, 1.807) is 0 Å². The first-order valence-corrected chi connectivity index (χ1v) is 6.91. The van der Waals surface area contributed by atoms with Gasteiger partial charge in [0.1, 0.15) is 0 Å². The normalized spacial score (nSPS) is 18.3. The molecule has 1 aromatic carbocycles. The molecule has 5 nitrogen and oxygen atoms in total. The number of nitrogens with one attached hydrogen (secondary N) is 1. The van der Waals surface area contributed by atoms with Gasteiger partial charge in [-0.1, -0.05) is 49.6 Å². The Labute approximate surface area is 111 Å². The van der Waals surface area contributed by atoms with Gasteiger partial charge in [0.2, 0.25) is 0 Å². The molecule has 3 rings (SSSR count). The lowest BCUT2D eigenvalue weighted by Crippen LogP contribution is -2.31. The molecule has 1 aliphatic carbocycles. The molecule has 1 N–H and O–H groups in total. The average Bonchev–Trinajstić information content (AvgIpc) is 2.88. The molecule has 1 heterocycles. The molecule has 1 atom stereocenters. The first kappa shape index (κ1) is 12.1. The number of H-pyrrole nitrogens is 1. The van der Waals surface area contributed by atoms with Gasteiger partial charge in [0.15, 0.2) is 0 Å². The van der Waals surface area contributed by atoms with Gasteiger partial charge in [0.25, 0.3) is 0 Å². The van der Waals surface area contributed by atoms with Crippen LogP contribution in [0.5, 0.6) is 0 Å². The van der Waals surface area contributed by atoms with Crippen molar-refractivity contribution in [3.8, 4) is 0 Å². The maximum Gasteiger partial charge on any atom is 0.361 e. The predicted molar refractivity (Wildman–Crippen MR) is 71.8 cm³/mol. The Hall–Kier alpha value is -1.91. The van der Waals surface area contributed by atoms with Crippen LogP contribution in [-0.4, -0.2) is 20.2 Å². The van der Waals surface area contributed by atoms with E-state index in [1.165, 1.54) is 23.9 Å². The van der Waals surface area contributed by atoms with Crippen molar-refractivity contribution in [1.29, 1.82) is 0 Å². The lowest BCUT2D eigenvalue weighted by atomic mass is 9.81. The van der Waals surface area contributed by atoms with Gasteiger partial charge in [-0.25, -0.2) is 9.89 Å². The van der Waals surface area contributed by atoms with Gasteiger partial charge < -0.3 is 0 Å². The van der Waals surface area contributed by atoms with Gasteiger partial charge in [0.05, 0.1) is 6.04 Å². The maximum atomic E-state index is 11.9. The zero-order valence-corrected chi connectivity index (χ0v) is 10.8. The van der Waals surface area contributed by atoms with E-state index in [0.29, 0.717) is 5.92 Å². The van der Waals surface area contributed by atoms with E-state index in [4.69, 9.17) is 0 Å². The first-order valence-electron chi connectivity index (χ1n) is 6.91. The van der Waals surface area contributed by atoms with Crippen molar-refractivity contribution >= 4 is 0 Å². The molecular formula is C14H18N4O. The topological polar surface area (TPSA) is 63.6 Å². The van der Waals surface area contributed by atoms with Gasteiger partial charge in [0, 0.05) is 0 Å². The first-order chi connectivity index (χ1) is 9.36. The molecule has 0 bridgehead atoms. The lowest BCUT2D eigenvalue weighted by molar-refractivity contribution is 0.260. The Balaban J connectivity index is 2.00. The molecule has 1 saturated carbocycles. The van der Waals surface area contributed by atoms with Gasteiger partial charge >= 0.3 is 5.69 Å². The van der Waals surface area contributed by atoms with Crippen LogP contribution in [0.1, 0.15) is 43.7 Å². The number of hydrogen-bond donors (Lipinski definition) is 1. The van der Waals surface area contributed by atoms with Crippen LogP contribution in [0.2, 0.25) is 0 Å². The van der Waals surface area contributed by atoms with Gasteiger partial charge in [-0.2, -0.15) is 4.68 Å². The highest BCUT2D eigenvalue weighted by Crippen LogP contribution is 2.35. The lowest BCUT2D eigenvalue weighted by Gasteiger charge is -2.29. The molecule has 0 amide bonds. The Bertz CT molecular complexity index is 568. The Morgan fingerprint density at radius 2 is 1.89 bits per heavy atom. The van der Waals surface area contributed by atoms with Crippen molar-refractivity contribution in [3.05, 3.63) is 46.4 Å². The molecule has 0 spiro atoms. The van der Waals surface area contributed by atoms with Gasteiger partial charge in [-0.15, -0.1) is 0 Å². The monoisotopic (exact) mass is 258 g/mol. The van der Waals surface area contributed by atoms with Crippen LogP contribution in [0.25, 0.3) is 0 Å². The molecule has 1 aliphatic rings. The Morgan fingerprint density at radius 3 is 2.53 bits per heavy atom. The molecule has 100 valence electrons. The average molecular weight is 258 g/mol. The molecule has 1 aromatic heterocycles. The molecule has 19 heavy (non-hydrogen) atoms. The summed E-state index contributed by atoms with van der Waals surface area (Å²) in [6, 6.07) is 10.2. The fraction of sp³-hybridized carbons (Fsp3) is 0.500. The second kappa shape index (κ2) is 5.38. The number of rotatable bonds is 3. The van der Waals surface area contributed by atoms with Crippen molar-refractivity contribution in [2.75, 3.05) is 0 Å². The number of nitrogens with zero attached hydrogens (tertiary/aromatic N) is 3. The standard InChI is InChI=1S/C14H18N4O/c19-14-15-16-17-18(14)13(11-7-3-1-4-8-11)12-9-5-2-6-10-12/h1,3-4,7-8,12-13H,2,5-6,9-10H2,(H,15,17,19)/t13-/m1/s1. The van der Waals surface area contributed by atoms with E-state index in [2.05, 4.69) is 27.7 Å². The quantitative estimate of drug-likeness (QED) is 0.917. The zero-order valence-electron chi connectivity index (χ0n) is 10.8. The minimum Gasteiger partial charge on any atom is -0.244 e. The molecule has 0 aliphatic heterocycles. The van der Waals surface area contributed by atoms with E-state index in [0.717, 1.165) is 18.4 Å². The third-order valence-corrected chi connectivity index (χ3v) is 4.00. The summed E-state index contributed by atoms with van der Waals surface area (Å²) in [5, 5.41) is 10.0. The summed E-state index contributed by atoms with van der Waals surface area (Å²) < 4.78 is 1.51. The number of aromatic amines is 1. The van der Waals surface area contributed by atoms with E-state index < -0.39 is 0 Å². The molecular weight excluding hydrogens is 240 g/mol. The third kappa shape index (κ3) is 2.45. The van der Waals surface area contributed by atoms with Gasteiger partial charge in [-0.05, 0) is 34.7 Å². The molecule has 0 radical (unpaired) electrons. The van der Waals surface area contributed by atoms with Crippen molar-refractivity contribution in [2.24, 2.45) is 5.92 Å². The van der Waals surface area contributed by atoms with Crippen LogP contribution in [0.4, 0.5) is 0 Å². The minimum absolute atomic E-state index is 0.00718. The Morgan fingerprint density at radius 1 is 1.16 bits per heavy atom.